The summed E-state index contributed by atoms with van der Waals surface area (Å²) in [6.45, 7) is 5.72. The standard InChI is InChI=1S/C15H20N2O4/c1-10(2)8-11-9-21-7-6-17(11)14(18)12-4-3-5-13(16-12)15(19)20/h3-5,10-11H,6-9H2,1-2H3,(H,19,20). The van der Waals surface area contributed by atoms with Crippen LogP contribution >= 0.6 is 0 Å². The number of carbonyl (C=O) groups is 2. The molecule has 1 unspecified atom stereocenters. The summed E-state index contributed by atoms with van der Waals surface area (Å²) in [6.07, 6.45) is 0.852. The Bertz CT molecular complexity index is 530. The van der Waals surface area contributed by atoms with Gasteiger partial charge >= 0.3 is 5.97 Å². The first-order valence-corrected chi connectivity index (χ1v) is 7.08. The van der Waals surface area contributed by atoms with Crippen LogP contribution < -0.4 is 0 Å². The Morgan fingerprint density at radius 1 is 1.43 bits per heavy atom. The number of morpholine rings is 1. The van der Waals surface area contributed by atoms with Crippen molar-refractivity contribution in [2.45, 2.75) is 26.3 Å². The minimum atomic E-state index is -1.13. The first-order valence-electron chi connectivity index (χ1n) is 7.08. The predicted octanol–water partition coefficient (Wildman–Crippen LogP) is 1.67. The summed E-state index contributed by atoms with van der Waals surface area (Å²) in [5.74, 6) is -0.914. The second-order valence-corrected chi connectivity index (χ2v) is 5.57. The van der Waals surface area contributed by atoms with Crippen LogP contribution in [0, 0.1) is 5.92 Å². The monoisotopic (exact) mass is 292 g/mol. The van der Waals surface area contributed by atoms with E-state index in [4.69, 9.17) is 9.84 Å². The number of ether oxygens (including phenoxy) is 1. The molecule has 1 atom stereocenters. The van der Waals surface area contributed by atoms with Crippen molar-refractivity contribution in [1.29, 1.82) is 0 Å². The molecular weight excluding hydrogens is 272 g/mol. The molecule has 1 amide bonds. The third-order valence-electron chi connectivity index (χ3n) is 3.42. The van der Waals surface area contributed by atoms with Gasteiger partial charge in [0.1, 0.15) is 11.4 Å². The molecule has 0 saturated carbocycles. The Morgan fingerprint density at radius 2 is 2.14 bits per heavy atom. The number of carboxylic acid groups (broad SMARTS) is 1. The number of hydrogen-bond acceptors (Lipinski definition) is 4. The van der Waals surface area contributed by atoms with Crippen molar-refractivity contribution in [1.82, 2.24) is 9.88 Å². The molecule has 0 radical (unpaired) electrons. The molecular formula is C15H20N2O4. The lowest BCUT2D eigenvalue weighted by atomic mass is 10.0. The van der Waals surface area contributed by atoms with Gasteiger partial charge in [-0.1, -0.05) is 19.9 Å². The van der Waals surface area contributed by atoms with E-state index >= 15 is 0 Å². The van der Waals surface area contributed by atoms with E-state index in [9.17, 15) is 9.59 Å². The molecule has 1 aliphatic heterocycles. The van der Waals surface area contributed by atoms with Crippen LogP contribution in [0.3, 0.4) is 0 Å². The third kappa shape index (κ3) is 3.78. The van der Waals surface area contributed by atoms with E-state index in [1.807, 2.05) is 0 Å². The number of pyridine rings is 1. The molecule has 0 spiro atoms. The number of aromatic carboxylic acids is 1. The van der Waals surface area contributed by atoms with Crippen LogP contribution in [0.15, 0.2) is 18.2 Å². The van der Waals surface area contributed by atoms with Crippen molar-refractivity contribution in [3.05, 3.63) is 29.6 Å². The lowest BCUT2D eigenvalue weighted by molar-refractivity contribution is -0.00776. The van der Waals surface area contributed by atoms with E-state index in [2.05, 4.69) is 18.8 Å². The van der Waals surface area contributed by atoms with Gasteiger partial charge in [0.2, 0.25) is 0 Å². The van der Waals surface area contributed by atoms with Crippen molar-refractivity contribution < 1.29 is 19.4 Å². The Hall–Kier alpha value is -1.95. The van der Waals surface area contributed by atoms with Gasteiger partial charge in [-0.3, -0.25) is 4.79 Å². The van der Waals surface area contributed by atoms with Gasteiger partial charge in [-0.25, -0.2) is 9.78 Å². The molecule has 1 saturated heterocycles. The summed E-state index contributed by atoms with van der Waals surface area (Å²) >= 11 is 0. The Labute approximate surface area is 123 Å². The van der Waals surface area contributed by atoms with E-state index < -0.39 is 5.97 Å². The molecule has 1 aromatic heterocycles. The fourth-order valence-corrected chi connectivity index (χ4v) is 2.48. The Kier molecular flexibility index (Phi) is 4.90. The zero-order valence-electron chi connectivity index (χ0n) is 12.3. The van der Waals surface area contributed by atoms with Gasteiger partial charge in [-0.05, 0) is 24.5 Å². The molecule has 1 aliphatic rings. The molecule has 6 heteroatoms. The number of nitrogens with zero attached hydrogens (tertiary/aromatic N) is 2. The highest BCUT2D eigenvalue weighted by Gasteiger charge is 2.29. The lowest BCUT2D eigenvalue weighted by Crippen LogP contribution is -2.49. The maximum Gasteiger partial charge on any atom is 0.354 e. The molecule has 0 aliphatic carbocycles. The number of carbonyl (C=O) groups excluding carboxylic acids is 1. The topological polar surface area (TPSA) is 79.7 Å². The molecule has 2 heterocycles. The van der Waals surface area contributed by atoms with Gasteiger partial charge in [-0.15, -0.1) is 0 Å². The number of hydrogen-bond donors (Lipinski definition) is 1. The molecule has 0 aromatic carbocycles. The van der Waals surface area contributed by atoms with E-state index in [1.54, 1.807) is 17.0 Å². The van der Waals surface area contributed by atoms with Crippen molar-refractivity contribution in [2.24, 2.45) is 5.92 Å². The number of amides is 1. The van der Waals surface area contributed by atoms with Crippen molar-refractivity contribution in [3.63, 3.8) is 0 Å². The quantitative estimate of drug-likeness (QED) is 0.913. The van der Waals surface area contributed by atoms with Gasteiger partial charge < -0.3 is 14.7 Å². The fourth-order valence-electron chi connectivity index (χ4n) is 2.48. The minimum absolute atomic E-state index is 0.0153. The molecule has 21 heavy (non-hydrogen) atoms. The largest absolute Gasteiger partial charge is 0.477 e. The smallest absolute Gasteiger partial charge is 0.354 e. The van der Waals surface area contributed by atoms with Gasteiger partial charge in [0, 0.05) is 6.54 Å². The fraction of sp³-hybridized carbons (Fsp3) is 0.533. The zero-order valence-corrected chi connectivity index (χ0v) is 12.3. The van der Waals surface area contributed by atoms with Crippen molar-refractivity contribution >= 4 is 11.9 Å². The Morgan fingerprint density at radius 3 is 2.81 bits per heavy atom. The summed E-state index contributed by atoms with van der Waals surface area (Å²) in [6, 6.07) is 4.49. The average molecular weight is 292 g/mol. The minimum Gasteiger partial charge on any atom is -0.477 e. The third-order valence-corrected chi connectivity index (χ3v) is 3.42. The summed E-state index contributed by atoms with van der Waals surface area (Å²) in [7, 11) is 0. The van der Waals surface area contributed by atoms with Crippen LogP contribution in [-0.4, -0.2) is 52.7 Å². The molecule has 0 bridgehead atoms. The highest BCUT2D eigenvalue weighted by Crippen LogP contribution is 2.18. The highest BCUT2D eigenvalue weighted by molar-refractivity contribution is 5.94. The van der Waals surface area contributed by atoms with Gasteiger partial charge in [0.15, 0.2) is 0 Å². The summed E-state index contributed by atoms with van der Waals surface area (Å²) in [5, 5.41) is 8.96. The first-order chi connectivity index (χ1) is 9.99. The van der Waals surface area contributed by atoms with Crippen LogP contribution in [0.5, 0.6) is 0 Å². The molecule has 1 aromatic rings. The Balaban J connectivity index is 2.20. The van der Waals surface area contributed by atoms with Crippen LogP contribution in [-0.2, 0) is 4.74 Å². The first kappa shape index (κ1) is 15.4. The number of rotatable bonds is 4. The number of carboxylic acids is 1. The molecule has 1 fully saturated rings. The van der Waals surface area contributed by atoms with Gasteiger partial charge in [0.05, 0.1) is 19.3 Å². The highest BCUT2D eigenvalue weighted by atomic mass is 16.5. The van der Waals surface area contributed by atoms with Crippen LogP contribution in [0.4, 0.5) is 0 Å². The maximum absolute atomic E-state index is 12.6. The average Bonchev–Trinajstić information content (AvgIpc) is 2.46. The summed E-state index contributed by atoms with van der Waals surface area (Å²) < 4.78 is 5.45. The summed E-state index contributed by atoms with van der Waals surface area (Å²) in [5.41, 5.74) is 0.0556. The number of aromatic nitrogens is 1. The van der Waals surface area contributed by atoms with E-state index in [0.29, 0.717) is 25.7 Å². The maximum atomic E-state index is 12.6. The van der Waals surface area contributed by atoms with Crippen molar-refractivity contribution in [3.8, 4) is 0 Å². The normalized spacial score (nSPS) is 18.8. The van der Waals surface area contributed by atoms with Crippen molar-refractivity contribution in [2.75, 3.05) is 19.8 Å². The van der Waals surface area contributed by atoms with E-state index in [-0.39, 0.29) is 23.3 Å². The summed E-state index contributed by atoms with van der Waals surface area (Å²) in [4.78, 5) is 29.2. The van der Waals surface area contributed by atoms with Gasteiger partial charge in [0.25, 0.3) is 5.91 Å². The second-order valence-electron chi connectivity index (χ2n) is 5.57. The zero-order chi connectivity index (χ0) is 15.4. The SMILES string of the molecule is CC(C)CC1COCCN1C(=O)c1cccc(C(=O)O)n1. The van der Waals surface area contributed by atoms with E-state index in [1.165, 1.54) is 6.07 Å². The lowest BCUT2D eigenvalue weighted by Gasteiger charge is -2.36. The molecule has 114 valence electrons. The second kappa shape index (κ2) is 6.67. The van der Waals surface area contributed by atoms with E-state index in [0.717, 1.165) is 6.42 Å². The molecule has 2 rings (SSSR count). The predicted molar refractivity (Wildman–Crippen MR) is 76.3 cm³/mol. The van der Waals surface area contributed by atoms with Gasteiger partial charge in [-0.2, -0.15) is 0 Å². The van der Waals surface area contributed by atoms with Crippen LogP contribution in [0.1, 0.15) is 41.2 Å². The molecule has 1 N–H and O–H groups in total. The van der Waals surface area contributed by atoms with Crippen LogP contribution in [0.25, 0.3) is 0 Å². The van der Waals surface area contributed by atoms with Crippen LogP contribution in [0.2, 0.25) is 0 Å². The molecule has 6 nitrogen and oxygen atoms in total.